The Balaban J connectivity index is 2.40. The van der Waals surface area contributed by atoms with Gasteiger partial charge in [-0.25, -0.2) is 4.79 Å². The van der Waals surface area contributed by atoms with Gasteiger partial charge in [-0.05, 0) is 13.8 Å². The van der Waals surface area contributed by atoms with Crippen LogP contribution in [0.5, 0.6) is 0 Å². The summed E-state index contributed by atoms with van der Waals surface area (Å²) >= 11 is 0. The van der Waals surface area contributed by atoms with E-state index in [9.17, 15) is 9.59 Å². The van der Waals surface area contributed by atoms with Crippen molar-refractivity contribution in [2.24, 2.45) is 11.3 Å². The van der Waals surface area contributed by atoms with Gasteiger partial charge in [-0.3, -0.25) is 4.79 Å². The molecule has 1 fully saturated rings. The lowest BCUT2D eigenvalue weighted by Crippen LogP contribution is -2.57. The van der Waals surface area contributed by atoms with Gasteiger partial charge in [0.05, 0.1) is 5.41 Å². The standard InChI is InChI=1S/C11H17NO4/c1-4-5-16-10(15)12-6-8(7-12)11(2,3)9(13)14/h4,8H,1,5-7H2,2-3H3,(H,13,14). The molecule has 0 radical (unpaired) electrons. The molecule has 1 saturated heterocycles. The van der Waals surface area contributed by atoms with E-state index in [1.165, 1.54) is 11.0 Å². The fraction of sp³-hybridized carbons (Fsp3) is 0.636. The Hall–Kier alpha value is -1.52. The lowest BCUT2D eigenvalue weighted by molar-refractivity contribution is -0.153. The number of likely N-dealkylation sites (tertiary alicyclic amines) is 1. The van der Waals surface area contributed by atoms with Crippen LogP contribution >= 0.6 is 0 Å². The second-order valence-electron chi connectivity index (χ2n) is 4.49. The highest BCUT2D eigenvalue weighted by atomic mass is 16.6. The van der Waals surface area contributed by atoms with Gasteiger partial charge in [0, 0.05) is 19.0 Å². The molecule has 1 amide bonds. The summed E-state index contributed by atoms with van der Waals surface area (Å²) in [6.07, 6.45) is 1.09. The number of ether oxygens (including phenoxy) is 1. The maximum atomic E-state index is 11.3. The molecule has 5 heteroatoms. The first-order valence-electron chi connectivity index (χ1n) is 5.15. The van der Waals surface area contributed by atoms with E-state index < -0.39 is 17.5 Å². The van der Waals surface area contributed by atoms with Crippen molar-refractivity contribution in [2.45, 2.75) is 13.8 Å². The molecule has 0 unspecified atom stereocenters. The molecule has 1 aliphatic heterocycles. The van der Waals surface area contributed by atoms with Gasteiger partial charge in [0.15, 0.2) is 0 Å². The molecule has 1 heterocycles. The molecule has 0 saturated carbocycles. The minimum absolute atomic E-state index is 0.0127. The zero-order chi connectivity index (χ0) is 12.3. The maximum Gasteiger partial charge on any atom is 0.410 e. The van der Waals surface area contributed by atoms with Gasteiger partial charge in [0.2, 0.25) is 0 Å². The van der Waals surface area contributed by atoms with Gasteiger partial charge in [-0.2, -0.15) is 0 Å². The predicted molar refractivity (Wildman–Crippen MR) is 58.0 cm³/mol. The Labute approximate surface area is 94.7 Å². The predicted octanol–water partition coefficient (Wildman–Crippen LogP) is 1.35. The van der Waals surface area contributed by atoms with Gasteiger partial charge >= 0.3 is 12.1 Å². The van der Waals surface area contributed by atoms with E-state index in [4.69, 9.17) is 9.84 Å². The smallest absolute Gasteiger partial charge is 0.410 e. The number of carboxylic acid groups (broad SMARTS) is 1. The third-order valence-electron chi connectivity index (χ3n) is 3.04. The first-order chi connectivity index (χ1) is 7.39. The Morgan fingerprint density at radius 3 is 2.56 bits per heavy atom. The zero-order valence-electron chi connectivity index (χ0n) is 9.60. The van der Waals surface area contributed by atoms with E-state index in [-0.39, 0.29) is 12.5 Å². The van der Waals surface area contributed by atoms with Crippen LogP contribution in [-0.2, 0) is 9.53 Å². The number of hydrogen-bond donors (Lipinski definition) is 1. The first-order valence-corrected chi connectivity index (χ1v) is 5.15. The van der Waals surface area contributed by atoms with Crippen molar-refractivity contribution in [1.82, 2.24) is 4.90 Å². The van der Waals surface area contributed by atoms with Crippen LogP contribution in [0.2, 0.25) is 0 Å². The fourth-order valence-electron chi connectivity index (χ4n) is 1.48. The third kappa shape index (κ3) is 2.35. The number of carboxylic acids is 1. The molecule has 0 aliphatic carbocycles. The van der Waals surface area contributed by atoms with E-state index in [0.29, 0.717) is 13.1 Å². The van der Waals surface area contributed by atoms with Gasteiger partial charge in [-0.15, -0.1) is 0 Å². The molecule has 1 aliphatic rings. The molecule has 16 heavy (non-hydrogen) atoms. The van der Waals surface area contributed by atoms with Crippen LogP contribution in [0.4, 0.5) is 4.79 Å². The molecule has 1 rings (SSSR count). The van der Waals surface area contributed by atoms with Crippen LogP contribution in [0.3, 0.4) is 0 Å². The fourth-order valence-corrected chi connectivity index (χ4v) is 1.48. The summed E-state index contributed by atoms with van der Waals surface area (Å²) in [4.78, 5) is 23.8. The van der Waals surface area contributed by atoms with Gasteiger partial charge in [0.1, 0.15) is 6.61 Å². The summed E-state index contributed by atoms with van der Waals surface area (Å²) in [5.41, 5.74) is -0.796. The molecule has 0 aromatic heterocycles. The average Bonchev–Trinajstić information content (AvgIpc) is 2.11. The van der Waals surface area contributed by atoms with Crippen molar-refractivity contribution < 1.29 is 19.4 Å². The zero-order valence-corrected chi connectivity index (χ0v) is 9.60. The molecular weight excluding hydrogens is 210 g/mol. The SMILES string of the molecule is C=CCOC(=O)N1CC(C(C)(C)C(=O)O)C1. The summed E-state index contributed by atoms with van der Waals surface area (Å²) in [6, 6.07) is 0. The number of carbonyl (C=O) groups is 2. The molecule has 0 aromatic carbocycles. The number of amides is 1. The normalized spacial score (nSPS) is 16.5. The quantitative estimate of drug-likeness (QED) is 0.736. The molecule has 0 aromatic rings. The van der Waals surface area contributed by atoms with E-state index in [1.54, 1.807) is 13.8 Å². The molecule has 1 N–H and O–H groups in total. The third-order valence-corrected chi connectivity index (χ3v) is 3.04. The van der Waals surface area contributed by atoms with Crippen LogP contribution < -0.4 is 0 Å². The monoisotopic (exact) mass is 227 g/mol. The van der Waals surface area contributed by atoms with Crippen molar-refractivity contribution in [3.8, 4) is 0 Å². The summed E-state index contributed by atoms with van der Waals surface area (Å²) in [7, 11) is 0. The van der Waals surface area contributed by atoms with Gasteiger partial charge < -0.3 is 14.7 Å². The van der Waals surface area contributed by atoms with Crippen molar-refractivity contribution in [2.75, 3.05) is 19.7 Å². The summed E-state index contributed by atoms with van der Waals surface area (Å²) < 4.78 is 4.84. The average molecular weight is 227 g/mol. The number of aliphatic carboxylic acids is 1. The molecule has 0 bridgehead atoms. The molecule has 90 valence electrons. The highest BCUT2D eigenvalue weighted by Gasteiger charge is 2.45. The van der Waals surface area contributed by atoms with Crippen molar-refractivity contribution in [1.29, 1.82) is 0 Å². The molecular formula is C11H17NO4. The van der Waals surface area contributed by atoms with Crippen molar-refractivity contribution in [3.05, 3.63) is 12.7 Å². The highest BCUT2D eigenvalue weighted by Crippen LogP contribution is 2.34. The van der Waals surface area contributed by atoms with E-state index >= 15 is 0 Å². The maximum absolute atomic E-state index is 11.3. The highest BCUT2D eigenvalue weighted by molar-refractivity contribution is 5.75. The molecule has 0 spiro atoms. The Kier molecular flexibility index (Phi) is 3.57. The molecule has 0 atom stereocenters. The van der Waals surface area contributed by atoms with Crippen molar-refractivity contribution >= 4 is 12.1 Å². The second-order valence-corrected chi connectivity index (χ2v) is 4.49. The summed E-state index contributed by atoms with van der Waals surface area (Å²) in [6.45, 7) is 7.85. The van der Waals surface area contributed by atoms with E-state index in [0.717, 1.165) is 0 Å². The number of rotatable bonds is 4. The molecule has 5 nitrogen and oxygen atoms in total. The van der Waals surface area contributed by atoms with Crippen LogP contribution in [0, 0.1) is 11.3 Å². The minimum Gasteiger partial charge on any atom is -0.481 e. The van der Waals surface area contributed by atoms with Crippen LogP contribution in [0.15, 0.2) is 12.7 Å². The second kappa shape index (κ2) is 4.55. The topological polar surface area (TPSA) is 66.8 Å². The van der Waals surface area contributed by atoms with Crippen LogP contribution in [-0.4, -0.2) is 41.8 Å². The van der Waals surface area contributed by atoms with Crippen LogP contribution in [0.1, 0.15) is 13.8 Å². The number of nitrogens with zero attached hydrogens (tertiary/aromatic N) is 1. The van der Waals surface area contributed by atoms with Crippen molar-refractivity contribution in [3.63, 3.8) is 0 Å². The Morgan fingerprint density at radius 1 is 1.56 bits per heavy atom. The largest absolute Gasteiger partial charge is 0.481 e. The Morgan fingerprint density at radius 2 is 2.12 bits per heavy atom. The lowest BCUT2D eigenvalue weighted by Gasteiger charge is -2.44. The van der Waals surface area contributed by atoms with Gasteiger partial charge in [-0.1, -0.05) is 12.7 Å². The summed E-state index contributed by atoms with van der Waals surface area (Å²) in [5.74, 6) is -0.849. The first kappa shape index (κ1) is 12.5. The van der Waals surface area contributed by atoms with E-state index in [2.05, 4.69) is 6.58 Å². The minimum atomic E-state index is -0.836. The van der Waals surface area contributed by atoms with E-state index in [1.807, 2.05) is 0 Å². The lowest BCUT2D eigenvalue weighted by atomic mass is 9.74. The Bertz CT molecular complexity index is 305. The van der Waals surface area contributed by atoms with Gasteiger partial charge in [0.25, 0.3) is 0 Å². The number of carbonyl (C=O) groups excluding carboxylic acids is 1. The van der Waals surface area contributed by atoms with Crippen LogP contribution in [0.25, 0.3) is 0 Å². The number of hydrogen-bond acceptors (Lipinski definition) is 3. The summed E-state index contributed by atoms with van der Waals surface area (Å²) in [5, 5.41) is 8.99.